The van der Waals surface area contributed by atoms with Crippen LogP contribution in [0.5, 0.6) is 0 Å². The number of benzene rings is 1. The van der Waals surface area contributed by atoms with Gasteiger partial charge >= 0.3 is 0 Å². The number of halogens is 2. The van der Waals surface area contributed by atoms with Crippen molar-refractivity contribution in [2.75, 3.05) is 5.75 Å². The Morgan fingerprint density at radius 3 is 2.38 bits per heavy atom. The van der Waals surface area contributed by atoms with Crippen molar-refractivity contribution in [1.82, 2.24) is 0 Å². The van der Waals surface area contributed by atoms with Gasteiger partial charge in [0.05, 0.1) is 0 Å². The van der Waals surface area contributed by atoms with Gasteiger partial charge in [-0.25, -0.2) is 8.78 Å². The van der Waals surface area contributed by atoms with Crippen LogP contribution in [0.2, 0.25) is 0 Å². The van der Waals surface area contributed by atoms with Gasteiger partial charge in [-0.05, 0) is 67.9 Å². The lowest BCUT2D eigenvalue weighted by Gasteiger charge is -2.31. The Bertz CT molecular complexity index is 531. The minimum Gasteiger partial charge on any atom is -0.244 e. The number of alkyl halides is 1. The number of hydrogen-bond donors (Lipinski definition) is 1. The van der Waals surface area contributed by atoms with Crippen LogP contribution < -0.4 is 0 Å². The average Bonchev–Trinajstić information content (AvgIpc) is 3.07. The monoisotopic (exact) mass is 312 g/mol. The molecule has 118 valence electrons. The molecule has 2 atom stereocenters. The molecule has 0 saturated heterocycles. The summed E-state index contributed by atoms with van der Waals surface area (Å²) in [7, 11) is 0. The second-order valence-corrected chi connectivity index (χ2v) is 8.24. The Labute approximate surface area is 132 Å². The van der Waals surface area contributed by atoms with E-state index in [1.54, 1.807) is 20.8 Å². The minimum absolute atomic E-state index is 0.0522. The third-order valence-electron chi connectivity index (χ3n) is 4.89. The predicted octanol–water partition coefficient (Wildman–Crippen LogP) is 5.49. The van der Waals surface area contributed by atoms with Gasteiger partial charge in [-0.15, -0.1) is 0 Å². The maximum absolute atomic E-state index is 14.4. The molecular weight excluding hydrogens is 286 g/mol. The summed E-state index contributed by atoms with van der Waals surface area (Å²) in [4.78, 5) is 0. The second kappa shape index (κ2) is 5.26. The molecule has 1 aliphatic carbocycles. The summed E-state index contributed by atoms with van der Waals surface area (Å²) in [6, 6.07) is 5.25. The van der Waals surface area contributed by atoms with E-state index in [1.165, 1.54) is 6.07 Å². The Morgan fingerprint density at radius 2 is 1.90 bits per heavy atom. The van der Waals surface area contributed by atoms with Crippen molar-refractivity contribution in [2.24, 2.45) is 11.3 Å². The fourth-order valence-electron chi connectivity index (χ4n) is 3.76. The summed E-state index contributed by atoms with van der Waals surface area (Å²) in [5, 5.41) is 0. The zero-order chi connectivity index (χ0) is 16.1. The summed E-state index contributed by atoms with van der Waals surface area (Å²) in [6.45, 7) is 9.42. The molecule has 0 radical (unpaired) electrons. The van der Waals surface area contributed by atoms with E-state index >= 15 is 0 Å². The van der Waals surface area contributed by atoms with Crippen LogP contribution in [-0.2, 0) is 5.41 Å². The van der Waals surface area contributed by atoms with E-state index in [9.17, 15) is 8.78 Å². The lowest BCUT2D eigenvalue weighted by atomic mass is 9.76. The molecule has 0 heterocycles. The molecule has 2 unspecified atom stereocenters. The van der Waals surface area contributed by atoms with Crippen molar-refractivity contribution in [2.45, 2.75) is 58.5 Å². The average molecular weight is 312 g/mol. The van der Waals surface area contributed by atoms with E-state index in [0.717, 1.165) is 17.7 Å². The van der Waals surface area contributed by atoms with E-state index in [4.69, 9.17) is 0 Å². The normalized spacial score (nSPS) is 26.0. The molecule has 1 aromatic rings. The topological polar surface area (TPSA) is 0 Å². The molecule has 1 saturated carbocycles. The molecule has 2 rings (SSSR count). The fraction of sp³-hybridized carbons (Fsp3) is 0.667. The molecule has 3 heteroatoms. The van der Waals surface area contributed by atoms with Crippen LogP contribution >= 0.6 is 12.6 Å². The van der Waals surface area contributed by atoms with Gasteiger partial charge in [0.25, 0.3) is 0 Å². The van der Waals surface area contributed by atoms with Gasteiger partial charge in [-0.3, -0.25) is 0 Å². The van der Waals surface area contributed by atoms with Crippen molar-refractivity contribution in [3.8, 4) is 0 Å². The number of thiol groups is 1. The van der Waals surface area contributed by atoms with E-state index in [-0.39, 0.29) is 16.6 Å². The highest BCUT2D eigenvalue weighted by atomic mass is 32.1. The predicted molar refractivity (Wildman–Crippen MR) is 88.4 cm³/mol. The molecule has 0 bridgehead atoms. The van der Waals surface area contributed by atoms with Crippen molar-refractivity contribution in [1.29, 1.82) is 0 Å². The highest BCUT2D eigenvalue weighted by Crippen LogP contribution is 2.65. The SMILES string of the molecule is Cc1cc(C2(CC(C)(C)F)CC2C(C)(C)CS)ccc1F. The highest BCUT2D eigenvalue weighted by Gasteiger charge is 2.62. The van der Waals surface area contributed by atoms with Gasteiger partial charge in [0.15, 0.2) is 0 Å². The minimum atomic E-state index is -1.23. The van der Waals surface area contributed by atoms with Crippen LogP contribution in [0.3, 0.4) is 0 Å². The molecule has 0 aliphatic heterocycles. The van der Waals surface area contributed by atoms with Gasteiger partial charge < -0.3 is 0 Å². The number of hydrogen-bond acceptors (Lipinski definition) is 1. The Morgan fingerprint density at radius 1 is 1.29 bits per heavy atom. The van der Waals surface area contributed by atoms with Gasteiger partial charge in [-0.2, -0.15) is 12.6 Å². The number of aryl methyl sites for hydroxylation is 1. The van der Waals surface area contributed by atoms with Crippen LogP contribution in [0.4, 0.5) is 8.78 Å². The molecule has 0 N–H and O–H groups in total. The molecule has 21 heavy (non-hydrogen) atoms. The smallest absolute Gasteiger partial charge is 0.126 e. The molecule has 1 aliphatic rings. The van der Waals surface area contributed by atoms with E-state index < -0.39 is 5.67 Å². The highest BCUT2D eigenvalue weighted by molar-refractivity contribution is 7.80. The summed E-state index contributed by atoms with van der Waals surface area (Å²) in [5.74, 6) is 0.966. The van der Waals surface area contributed by atoms with Crippen molar-refractivity contribution >= 4 is 12.6 Å². The second-order valence-electron chi connectivity index (χ2n) is 7.92. The zero-order valence-corrected chi connectivity index (χ0v) is 14.5. The number of rotatable bonds is 5. The van der Waals surface area contributed by atoms with Gasteiger partial charge in [-0.1, -0.05) is 26.0 Å². The molecule has 1 fully saturated rings. The first-order valence-electron chi connectivity index (χ1n) is 7.58. The van der Waals surface area contributed by atoms with E-state index in [2.05, 4.69) is 26.5 Å². The summed E-state index contributed by atoms with van der Waals surface area (Å²) in [5.41, 5.74) is 0.355. The van der Waals surface area contributed by atoms with Crippen LogP contribution in [0.1, 0.15) is 51.7 Å². The van der Waals surface area contributed by atoms with Crippen LogP contribution in [0.15, 0.2) is 18.2 Å². The molecule has 0 spiro atoms. The molecule has 0 aromatic heterocycles. The van der Waals surface area contributed by atoms with Gasteiger partial charge in [0.1, 0.15) is 11.5 Å². The van der Waals surface area contributed by atoms with Gasteiger partial charge in [0, 0.05) is 5.41 Å². The third-order valence-corrected chi connectivity index (χ3v) is 5.71. The van der Waals surface area contributed by atoms with Crippen LogP contribution in [0.25, 0.3) is 0 Å². The summed E-state index contributed by atoms with van der Waals surface area (Å²) >= 11 is 4.47. The third kappa shape index (κ3) is 3.28. The fourth-order valence-corrected chi connectivity index (χ4v) is 3.98. The summed E-state index contributed by atoms with van der Waals surface area (Å²) < 4.78 is 27.9. The molecule has 0 amide bonds. The first-order valence-corrected chi connectivity index (χ1v) is 8.21. The van der Waals surface area contributed by atoms with Crippen LogP contribution in [0, 0.1) is 24.1 Å². The maximum Gasteiger partial charge on any atom is 0.126 e. The zero-order valence-electron chi connectivity index (χ0n) is 13.6. The van der Waals surface area contributed by atoms with Crippen molar-refractivity contribution in [3.63, 3.8) is 0 Å². The van der Waals surface area contributed by atoms with Crippen molar-refractivity contribution in [3.05, 3.63) is 35.1 Å². The summed E-state index contributed by atoms with van der Waals surface area (Å²) in [6.07, 6.45) is 1.44. The lowest BCUT2D eigenvalue weighted by Crippen LogP contribution is -2.29. The van der Waals surface area contributed by atoms with Crippen LogP contribution in [-0.4, -0.2) is 11.4 Å². The standard InChI is InChI=1S/C18H26F2S/c1-12-8-13(6-7-14(12)19)18(10-17(4,5)20)9-15(18)16(2,3)11-21/h6-8,15,21H,9-11H2,1-5H3. The Balaban J connectivity index is 2.42. The van der Waals surface area contributed by atoms with Gasteiger partial charge in [0.2, 0.25) is 0 Å². The first kappa shape index (κ1) is 16.8. The molecule has 0 nitrogen and oxygen atoms in total. The molecule has 1 aromatic carbocycles. The van der Waals surface area contributed by atoms with E-state index in [1.807, 2.05) is 12.1 Å². The maximum atomic E-state index is 14.4. The van der Waals surface area contributed by atoms with E-state index in [0.29, 0.717) is 17.9 Å². The Kier molecular flexibility index (Phi) is 4.20. The Hall–Kier alpha value is -0.570. The largest absolute Gasteiger partial charge is 0.244 e. The van der Waals surface area contributed by atoms with Crippen molar-refractivity contribution < 1.29 is 8.78 Å². The molecular formula is C18H26F2S. The lowest BCUT2D eigenvalue weighted by molar-refractivity contribution is 0.167. The quantitative estimate of drug-likeness (QED) is 0.683. The first-order chi connectivity index (χ1) is 9.52.